The van der Waals surface area contributed by atoms with Crippen molar-refractivity contribution in [3.05, 3.63) is 58.6 Å². The summed E-state index contributed by atoms with van der Waals surface area (Å²) >= 11 is 1.45. The van der Waals surface area contributed by atoms with Gasteiger partial charge in [-0.1, -0.05) is 0 Å². The average Bonchev–Trinajstić information content (AvgIpc) is 3.17. The molecular weight excluding hydrogens is 457 g/mol. The van der Waals surface area contributed by atoms with Crippen molar-refractivity contribution in [2.75, 3.05) is 6.61 Å². The zero-order valence-corrected chi connectivity index (χ0v) is 19.2. The molecule has 0 radical (unpaired) electrons. The Bertz CT molecular complexity index is 1130. The van der Waals surface area contributed by atoms with E-state index in [1.807, 2.05) is 6.92 Å². The molecule has 3 aromatic rings. The fraction of sp³-hybridized carbons (Fsp3) is 0.364. The number of nitrogens with zero attached hydrogens (tertiary/aromatic N) is 3. The number of carbonyl (C=O) groups is 1. The van der Waals surface area contributed by atoms with Gasteiger partial charge in [0.1, 0.15) is 17.4 Å². The molecule has 3 rings (SSSR count). The van der Waals surface area contributed by atoms with E-state index in [4.69, 9.17) is 4.74 Å². The van der Waals surface area contributed by atoms with Crippen LogP contribution in [0.1, 0.15) is 53.4 Å². The number of aryl methyl sites for hydroxylation is 1. The van der Waals surface area contributed by atoms with E-state index in [0.29, 0.717) is 21.9 Å². The van der Waals surface area contributed by atoms with Gasteiger partial charge in [0, 0.05) is 40.2 Å². The molecule has 0 aliphatic heterocycles. The second-order valence-corrected chi connectivity index (χ2v) is 9.39. The number of alkyl halides is 3. The third-order valence-corrected chi connectivity index (χ3v) is 5.36. The Balaban J connectivity index is 1.84. The Morgan fingerprint density at radius 2 is 1.82 bits per heavy atom. The smallest absolute Gasteiger partial charge is 0.451 e. The van der Waals surface area contributed by atoms with Crippen LogP contribution in [0.3, 0.4) is 0 Å². The van der Waals surface area contributed by atoms with Gasteiger partial charge < -0.3 is 15.2 Å². The van der Waals surface area contributed by atoms with Crippen LogP contribution in [-0.2, 0) is 6.18 Å². The van der Waals surface area contributed by atoms with Gasteiger partial charge in [-0.25, -0.2) is 15.0 Å². The van der Waals surface area contributed by atoms with Gasteiger partial charge in [-0.05, 0) is 45.9 Å². The first-order chi connectivity index (χ1) is 15.3. The lowest BCUT2D eigenvalue weighted by atomic mass is 10.1. The zero-order valence-electron chi connectivity index (χ0n) is 18.4. The van der Waals surface area contributed by atoms with Crippen molar-refractivity contribution in [1.82, 2.24) is 20.3 Å². The lowest BCUT2D eigenvalue weighted by molar-refractivity contribution is -0.145. The Morgan fingerprint density at radius 3 is 2.36 bits per heavy atom. The van der Waals surface area contributed by atoms with E-state index in [9.17, 15) is 23.1 Å². The van der Waals surface area contributed by atoms with Crippen LogP contribution in [0.25, 0.3) is 10.6 Å². The van der Waals surface area contributed by atoms with Gasteiger partial charge in [-0.15, -0.1) is 11.3 Å². The molecule has 2 heterocycles. The molecule has 176 valence electrons. The van der Waals surface area contributed by atoms with E-state index >= 15 is 0 Å². The minimum atomic E-state index is -4.64. The Hall–Kier alpha value is -3.05. The highest BCUT2D eigenvalue weighted by Gasteiger charge is 2.34. The van der Waals surface area contributed by atoms with E-state index in [0.717, 1.165) is 17.3 Å². The Morgan fingerprint density at radius 1 is 1.15 bits per heavy atom. The molecule has 2 aromatic heterocycles. The molecule has 1 aromatic carbocycles. The maximum Gasteiger partial charge on any atom is 0.451 e. The van der Waals surface area contributed by atoms with Crippen LogP contribution in [-0.4, -0.2) is 38.2 Å². The first kappa shape index (κ1) is 24.6. The van der Waals surface area contributed by atoms with Crippen molar-refractivity contribution in [2.24, 2.45) is 0 Å². The van der Waals surface area contributed by atoms with Gasteiger partial charge in [0.25, 0.3) is 5.91 Å². The van der Waals surface area contributed by atoms with Crippen LogP contribution in [0.5, 0.6) is 5.75 Å². The summed E-state index contributed by atoms with van der Waals surface area (Å²) in [5, 5.41) is 13.4. The number of amides is 1. The van der Waals surface area contributed by atoms with Gasteiger partial charge in [0.2, 0.25) is 5.82 Å². The number of rotatable bonds is 7. The van der Waals surface area contributed by atoms with E-state index < -0.39 is 29.6 Å². The van der Waals surface area contributed by atoms with Crippen molar-refractivity contribution in [2.45, 2.75) is 45.5 Å². The number of thiazole rings is 1. The lowest BCUT2D eigenvalue weighted by Gasteiger charge is -2.19. The molecule has 0 spiro atoms. The second-order valence-electron chi connectivity index (χ2n) is 8.16. The van der Waals surface area contributed by atoms with Crippen molar-refractivity contribution in [3.8, 4) is 16.3 Å². The SMILES string of the molecule is Cc1cnc(-c2cc(OCC(C)(C)O)cc(C(=O)NC(C)c3cnc(C(F)(F)F)nc3)c2)s1. The maximum atomic E-state index is 12.9. The molecule has 1 atom stereocenters. The topological polar surface area (TPSA) is 97.2 Å². The highest BCUT2D eigenvalue weighted by Crippen LogP contribution is 2.30. The molecule has 2 N–H and O–H groups in total. The van der Waals surface area contributed by atoms with Crippen LogP contribution >= 0.6 is 11.3 Å². The van der Waals surface area contributed by atoms with Gasteiger partial charge in [0.05, 0.1) is 11.6 Å². The summed E-state index contributed by atoms with van der Waals surface area (Å²) in [4.78, 5) is 24.9. The van der Waals surface area contributed by atoms with Crippen molar-refractivity contribution >= 4 is 17.2 Å². The first-order valence-electron chi connectivity index (χ1n) is 9.95. The van der Waals surface area contributed by atoms with Crippen LogP contribution in [0.4, 0.5) is 13.2 Å². The monoisotopic (exact) mass is 480 g/mol. The summed E-state index contributed by atoms with van der Waals surface area (Å²) in [6, 6.07) is 4.27. The number of ether oxygens (including phenoxy) is 1. The first-order valence-corrected chi connectivity index (χ1v) is 10.8. The number of aromatic nitrogens is 3. The van der Waals surface area contributed by atoms with Gasteiger partial charge in [-0.3, -0.25) is 4.79 Å². The molecule has 0 aliphatic carbocycles. The predicted octanol–water partition coefficient (Wildman–Crippen LogP) is 4.57. The van der Waals surface area contributed by atoms with Gasteiger partial charge in [0.15, 0.2) is 0 Å². The van der Waals surface area contributed by atoms with Gasteiger partial charge >= 0.3 is 6.18 Å². The fourth-order valence-corrected chi connectivity index (χ4v) is 3.51. The quantitative estimate of drug-likeness (QED) is 0.514. The molecule has 0 saturated heterocycles. The van der Waals surface area contributed by atoms with Crippen molar-refractivity contribution in [1.29, 1.82) is 0 Å². The van der Waals surface area contributed by atoms with Crippen LogP contribution in [0.2, 0.25) is 0 Å². The number of nitrogens with one attached hydrogen (secondary N) is 1. The maximum absolute atomic E-state index is 12.9. The van der Waals surface area contributed by atoms with Crippen LogP contribution < -0.4 is 10.1 Å². The third-order valence-electron chi connectivity index (χ3n) is 4.40. The Labute approximate surface area is 192 Å². The highest BCUT2D eigenvalue weighted by atomic mass is 32.1. The summed E-state index contributed by atoms with van der Waals surface area (Å²) in [7, 11) is 0. The predicted molar refractivity (Wildman–Crippen MR) is 117 cm³/mol. The number of benzene rings is 1. The summed E-state index contributed by atoms with van der Waals surface area (Å²) < 4.78 is 43.7. The van der Waals surface area contributed by atoms with Crippen molar-refractivity contribution < 1.29 is 27.8 Å². The summed E-state index contributed by atoms with van der Waals surface area (Å²) in [5.74, 6) is -1.34. The Kier molecular flexibility index (Phi) is 7.03. The van der Waals surface area contributed by atoms with E-state index in [-0.39, 0.29) is 12.2 Å². The fourth-order valence-electron chi connectivity index (χ4n) is 2.76. The minimum Gasteiger partial charge on any atom is -0.491 e. The lowest BCUT2D eigenvalue weighted by Crippen LogP contribution is -2.28. The molecule has 0 aliphatic rings. The molecule has 1 amide bonds. The van der Waals surface area contributed by atoms with Crippen LogP contribution in [0, 0.1) is 6.92 Å². The molecule has 33 heavy (non-hydrogen) atoms. The largest absolute Gasteiger partial charge is 0.491 e. The zero-order chi connectivity index (χ0) is 24.4. The van der Waals surface area contributed by atoms with Crippen LogP contribution in [0.15, 0.2) is 36.8 Å². The third kappa shape index (κ3) is 6.72. The standard InChI is InChI=1S/C22H23F3N4O3S/c1-12-8-26-19(33-12)15-5-14(6-17(7-15)32-11-21(3,4)31)18(30)29-13(2)16-9-27-20(28-10-16)22(23,24)25/h5-10,13,31H,11H2,1-4H3,(H,29,30). The highest BCUT2D eigenvalue weighted by molar-refractivity contribution is 7.14. The number of aliphatic hydroxyl groups is 1. The molecular formula is C22H23F3N4O3S. The van der Waals surface area contributed by atoms with Gasteiger partial charge in [-0.2, -0.15) is 13.2 Å². The second kappa shape index (κ2) is 9.44. The van der Waals surface area contributed by atoms with E-state index in [2.05, 4.69) is 20.3 Å². The molecule has 7 nitrogen and oxygen atoms in total. The molecule has 0 fully saturated rings. The molecule has 0 saturated carbocycles. The summed E-state index contributed by atoms with van der Waals surface area (Å²) in [5.41, 5.74) is 0.178. The number of halogens is 3. The molecule has 0 bridgehead atoms. The minimum absolute atomic E-state index is 0.00764. The summed E-state index contributed by atoms with van der Waals surface area (Å²) in [6.07, 6.45) is -0.850. The summed E-state index contributed by atoms with van der Waals surface area (Å²) in [6.45, 7) is 6.74. The molecule has 1 unspecified atom stereocenters. The van der Waals surface area contributed by atoms with Crippen molar-refractivity contribution in [3.63, 3.8) is 0 Å². The number of carbonyl (C=O) groups excluding carboxylic acids is 1. The number of hydrogen-bond acceptors (Lipinski definition) is 7. The van der Waals surface area contributed by atoms with E-state index in [1.165, 1.54) is 17.4 Å². The number of hydrogen-bond donors (Lipinski definition) is 2. The average molecular weight is 481 g/mol. The molecule has 11 heteroatoms. The normalized spacial score (nSPS) is 13.0. The van der Waals surface area contributed by atoms with E-state index in [1.54, 1.807) is 39.1 Å².